The summed E-state index contributed by atoms with van der Waals surface area (Å²) in [4.78, 5) is 7.18. The number of guanidine groups is 1. The number of hydrogen-bond acceptors (Lipinski definition) is 3. The maximum absolute atomic E-state index is 11.7. The van der Waals surface area contributed by atoms with Gasteiger partial charge in [-0.1, -0.05) is 12.1 Å². The standard InChI is InChI=1S/C15H24N4O2S/c1-3-17-15(19-10-4-5-11-19)18-12-13-6-8-14(9-7-13)22(20,21)16-2/h6-9,16H,3-5,10-12H2,1-2H3,(H,17,18). The monoisotopic (exact) mass is 324 g/mol. The van der Waals surface area contributed by atoms with Gasteiger partial charge in [0, 0.05) is 19.6 Å². The van der Waals surface area contributed by atoms with Gasteiger partial charge in [0.05, 0.1) is 11.4 Å². The highest BCUT2D eigenvalue weighted by atomic mass is 32.2. The first-order valence-electron chi connectivity index (χ1n) is 7.62. The summed E-state index contributed by atoms with van der Waals surface area (Å²) >= 11 is 0. The van der Waals surface area contributed by atoms with Crippen LogP contribution >= 0.6 is 0 Å². The molecule has 22 heavy (non-hydrogen) atoms. The van der Waals surface area contributed by atoms with Crippen molar-refractivity contribution in [1.29, 1.82) is 0 Å². The molecule has 1 aliphatic heterocycles. The van der Waals surface area contributed by atoms with Gasteiger partial charge >= 0.3 is 0 Å². The van der Waals surface area contributed by atoms with Gasteiger partial charge < -0.3 is 10.2 Å². The maximum Gasteiger partial charge on any atom is 0.240 e. The van der Waals surface area contributed by atoms with Crippen LogP contribution in [0, 0.1) is 0 Å². The molecule has 0 aromatic heterocycles. The molecule has 0 amide bonds. The highest BCUT2D eigenvalue weighted by Crippen LogP contribution is 2.12. The van der Waals surface area contributed by atoms with Crippen LogP contribution in [0.3, 0.4) is 0 Å². The third kappa shape index (κ3) is 4.20. The van der Waals surface area contributed by atoms with Gasteiger partial charge in [0.2, 0.25) is 10.0 Å². The minimum absolute atomic E-state index is 0.272. The van der Waals surface area contributed by atoms with Gasteiger partial charge in [-0.25, -0.2) is 18.1 Å². The lowest BCUT2D eigenvalue weighted by molar-refractivity contribution is 0.493. The highest BCUT2D eigenvalue weighted by molar-refractivity contribution is 7.89. The topological polar surface area (TPSA) is 73.8 Å². The zero-order chi connectivity index (χ0) is 16.0. The molecule has 7 heteroatoms. The van der Waals surface area contributed by atoms with Crippen LogP contribution in [0.25, 0.3) is 0 Å². The van der Waals surface area contributed by atoms with Crippen molar-refractivity contribution in [2.45, 2.75) is 31.2 Å². The number of likely N-dealkylation sites (tertiary alicyclic amines) is 1. The van der Waals surface area contributed by atoms with Crippen molar-refractivity contribution < 1.29 is 8.42 Å². The summed E-state index contributed by atoms with van der Waals surface area (Å²) in [6.07, 6.45) is 2.42. The van der Waals surface area contributed by atoms with E-state index in [1.807, 2.05) is 0 Å². The molecular weight excluding hydrogens is 300 g/mol. The number of rotatable bonds is 5. The molecule has 122 valence electrons. The molecule has 0 saturated carbocycles. The molecule has 0 aliphatic carbocycles. The molecule has 0 bridgehead atoms. The molecule has 0 radical (unpaired) electrons. The fraction of sp³-hybridized carbons (Fsp3) is 0.533. The quantitative estimate of drug-likeness (QED) is 0.629. The van der Waals surface area contributed by atoms with Gasteiger partial charge in [0.25, 0.3) is 0 Å². The van der Waals surface area contributed by atoms with Crippen LogP contribution in [0.5, 0.6) is 0 Å². The Bertz CT molecular complexity index is 605. The maximum atomic E-state index is 11.7. The average Bonchev–Trinajstić information content (AvgIpc) is 3.06. The molecular formula is C15H24N4O2S. The molecule has 1 saturated heterocycles. The van der Waals surface area contributed by atoms with Crippen molar-refractivity contribution >= 4 is 16.0 Å². The molecule has 2 N–H and O–H groups in total. The van der Waals surface area contributed by atoms with E-state index in [1.165, 1.54) is 19.9 Å². The predicted octanol–water partition coefficient (Wildman–Crippen LogP) is 1.16. The molecule has 0 atom stereocenters. The Hall–Kier alpha value is -1.60. The minimum atomic E-state index is -3.37. The lowest BCUT2D eigenvalue weighted by atomic mass is 10.2. The van der Waals surface area contributed by atoms with Crippen LogP contribution in [-0.2, 0) is 16.6 Å². The summed E-state index contributed by atoms with van der Waals surface area (Å²) < 4.78 is 25.7. The number of nitrogens with zero attached hydrogens (tertiary/aromatic N) is 2. The Morgan fingerprint density at radius 1 is 1.23 bits per heavy atom. The molecule has 1 aromatic rings. The van der Waals surface area contributed by atoms with Crippen LogP contribution < -0.4 is 10.0 Å². The van der Waals surface area contributed by atoms with Crippen molar-refractivity contribution in [2.75, 3.05) is 26.7 Å². The number of aliphatic imine (C=N–C) groups is 1. The lowest BCUT2D eigenvalue weighted by Gasteiger charge is -2.20. The molecule has 1 fully saturated rings. The van der Waals surface area contributed by atoms with E-state index < -0.39 is 10.0 Å². The molecule has 0 unspecified atom stereocenters. The fourth-order valence-corrected chi connectivity index (χ4v) is 3.14. The van der Waals surface area contributed by atoms with E-state index >= 15 is 0 Å². The summed E-state index contributed by atoms with van der Waals surface area (Å²) in [5, 5.41) is 3.31. The number of nitrogens with one attached hydrogen (secondary N) is 2. The van der Waals surface area contributed by atoms with Crippen molar-refractivity contribution in [2.24, 2.45) is 4.99 Å². The second-order valence-corrected chi connectivity index (χ2v) is 7.10. The van der Waals surface area contributed by atoms with E-state index in [2.05, 4.69) is 26.9 Å². The molecule has 6 nitrogen and oxygen atoms in total. The van der Waals surface area contributed by atoms with Gasteiger partial charge in [-0.3, -0.25) is 0 Å². The van der Waals surface area contributed by atoms with Crippen LogP contribution in [-0.4, -0.2) is 46.0 Å². The molecule has 0 spiro atoms. The van der Waals surface area contributed by atoms with Crippen molar-refractivity contribution in [3.8, 4) is 0 Å². The SMILES string of the molecule is CCNC(=NCc1ccc(S(=O)(=O)NC)cc1)N1CCCC1. The third-order valence-electron chi connectivity index (χ3n) is 3.65. The number of sulfonamides is 1. The summed E-state index contributed by atoms with van der Waals surface area (Å²) in [6, 6.07) is 6.83. The van der Waals surface area contributed by atoms with Crippen molar-refractivity contribution in [3.05, 3.63) is 29.8 Å². The molecule has 1 aromatic carbocycles. The first-order valence-corrected chi connectivity index (χ1v) is 9.11. The van der Waals surface area contributed by atoms with Gasteiger partial charge in [0.15, 0.2) is 5.96 Å². The predicted molar refractivity (Wildman–Crippen MR) is 88.3 cm³/mol. The van der Waals surface area contributed by atoms with E-state index in [0.717, 1.165) is 31.2 Å². The Morgan fingerprint density at radius 2 is 1.86 bits per heavy atom. The summed E-state index contributed by atoms with van der Waals surface area (Å²) in [6.45, 7) is 5.53. The van der Waals surface area contributed by atoms with Crippen LogP contribution in [0.4, 0.5) is 0 Å². The normalized spacial score (nSPS) is 16.1. The summed E-state index contributed by atoms with van der Waals surface area (Å²) in [7, 11) is -1.97. The first-order chi connectivity index (χ1) is 10.6. The van der Waals surface area contributed by atoms with Gasteiger partial charge in [-0.2, -0.15) is 0 Å². The second-order valence-electron chi connectivity index (χ2n) is 5.22. The van der Waals surface area contributed by atoms with Gasteiger partial charge in [0.1, 0.15) is 0 Å². The van der Waals surface area contributed by atoms with Crippen LogP contribution in [0.2, 0.25) is 0 Å². The largest absolute Gasteiger partial charge is 0.357 e. The Labute approximate surface area is 132 Å². The zero-order valence-corrected chi connectivity index (χ0v) is 14.0. The van der Waals surface area contributed by atoms with Gasteiger partial charge in [-0.05, 0) is 44.5 Å². The summed E-state index contributed by atoms with van der Waals surface area (Å²) in [5.74, 6) is 0.937. The van der Waals surface area contributed by atoms with Crippen molar-refractivity contribution in [1.82, 2.24) is 14.9 Å². The average molecular weight is 324 g/mol. The third-order valence-corrected chi connectivity index (χ3v) is 5.08. The highest BCUT2D eigenvalue weighted by Gasteiger charge is 2.15. The smallest absolute Gasteiger partial charge is 0.240 e. The van der Waals surface area contributed by atoms with E-state index in [1.54, 1.807) is 24.3 Å². The lowest BCUT2D eigenvalue weighted by Crippen LogP contribution is -2.39. The van der Waals surface area contributed by atoms with E-state index in [9.17, 15) is 8.42 Å². The molecule has 2 rings (SSSR count). The van der Waals surface area contributed by atoms with Gasteiger partial charge in [-0.15, -0.1) is 0 Å². The van der Waals surface area contributed by atoms with E-state index in [0.29, 0.717) is 6.54 Å². The van der Waals surface area contributed by atoms with Crippen LogP contribution in [0.15, 0.2) is 34.2 Å². The number of hydrogen-bond donors (Lipinski definition) is 2. The Balaban J connectivity index is 2.07. The fourth-order valence-electron chi connectivity index (χ4n) is 2.41. The minimum Gasteiger partial charge on any atom is -0.357 e. The molecule has 1 aliphatic rings. The second kappa shape index (κ2) is 7.60. The number of benzene rings is 1. The van der Waals surface area contributed by atoms with Crippen LogP contribution in [0.1, 0.15) is 25.3 Å². The van der Waals surface area contributed by atoms with Crippen molar-refractivity contribution in [3.63, 3.8) is 0 Å². The zero-order valence-electron chi connectivity index (χ0n) is 13.2. The van der Waals surface area contributed by atoms with E-state index in [-0.39, 0.29) is 4.90 Å². The first kappa shape index (κ1) is 16.8. The molecule has 1 heterocycles. The van der Waals surface area contributed by atoms with E-state index in [4.69, 9.17) is 0 Å². The summed E-state index contributed by atoms with van der Waals surface area (Å²) in [5.41, 5.74) is 0.990. The Morgan fingerprint density at radius 3 is 2.41 bits per heavy atom. The Kier molecular flexibility index (Phi) is 5.79.